The van der Waals surface area contributed by atoms with Crippen LogP contribution in [-0.2, 0) is 4.79 Å². The third-order valence-corrected chi connectivity index (χ3v) is 4.26. The highest BCUT2D eigenvalue weighted by Gasteiger charge is 2.19. The fourth-order valence-corrected chi connectivity index (χ4v) is 2.58. The van der Waals surface area contributed by atoms with Crippen LogP contribution in [0.1, 0.15) is 48.2 Å². The van der Waals surface area contributed by atoms with Crippen molar-refractivity contribution in [2.45, 2.75) is 46.6 Å². The molecule has 1 atom stereocenters. The van der Waals surface area contributed by atoms with Gasteiger partial charge in [-0.2, -0.15) is 0 Å². The quantitative estimate of drug-likeness (QED) is 0.685. The number of carbonyl (C=O) groups excluding carboxylic acids is 2. The first-order chi connectivity index (χ1) is 12.9. The van der Waals surface area contributed by atoms with Crippen LogP contribution in [0.25, 0.3) is 0 Å². The van der Waals surface area contributed by atoms with Crippen molar-refractivity contribution >= 4 is 17.5 Å². The molecule has 2 aromatic carbocycles. The Bertz CT molecular complexity index is 802. The van der Waals surface area contributed by atoms with Crippen LogP contribution >= 0.6 is 0 Å². The van der Waals surface area contributed by atoms with Crippen molar-refractivity contribution < 1.29 is 14.3 Å². The van der Waals surface area contributed by atoms with Gasteiger partial charge in [0.1, 0.15) is 5.75 Å². The molecule has 0 fully saturated rings. The summed E-state index contributed by atoms with van der Waals surface area (Å²) in [7, 11) is 0. The van der Waals surface area contributed by atoms with Gasteiger partial charge >= 0.3 is 0 Å². The maximum absolute atomic E-state index is 12.6. The first-order valence-electron chi connectivity index (χ1n) is 9.34. The summed E-state index contributed by atoms with van der Waals surface area (Å²) in [6.45, 7) is 8.29. The number of amides is 2. The van der Waals surface area contributed by atoms with Crippen LogP contribution in [0, 0.1) is 13.8 Å². The van der Waals surface area contributed by atoms with Crippen molar-refractivity contribution in [3.05, 3.63) is 59.2 Å². The SMILES string of the molecule is CCCCNC(=O)c1ccccc1NC(=O)[C@@H](C)Oc1cc(C)ccc1C. The van der Waals surface area contributed by atoms with Gasteiger partial charge in [0.25, 0.3) is 11.8 Å². The van der Waals surface area contributed by atoms with Gasteiger partial charge in [-0.1, -0.05) is 37.6 Å². The number of nitrogens with one attached hydrogen (secondary N) is 2. The Morgan fingerprint density at radius 3 is 2.59 bits per heavy atom. The van der Waals surface area contributed by atoms with Crippen molar-refractivity contribution in [1.29, 1.82) is 0 Å². The molecule has 0 aliphatic rings. The number of benzene rings is 2. The van der Waals surface area contributed by atoms with Crippen molar-refractivity contribution in [3.63, 3.8) is 0 Å². The summed E-state index contributed by atoms with van der Waals surface area (Å²) in [4.78, 5) is 25.0. The third-order valence-electron chi connectivity index (χ3n) is 4.26. The lowest BCUT2D eigenvalue weighted by molar-refractivity contribution is -0.122. The summed E-state index contributed by atoms with van der Waals surface area (Å²) in [5.74, 6) is 0.190. The zero-order valence-electron chi connectivity index (χ0n) is 16.5. The summed E-state index contributed by atoms with van der Waals surface area (Å²) < 4.78 is 5.83. The fourth-order valence-electron chi connectivity index (χ4n) is 2.58. The molecule has 5 heteroatoms. The van der Waals surface area contributed by atoms with Gasteiger partial charge < -0.3 is 15.4 Å². The molecular formula is C22H28N2O3. The van der Waals surface area contributed by atoms with Gasteiger partial charge in [-0.05, 0) is 56.5 Å². The molecule has 0 aliphatic carbocycles. The fraction of sp³-hybridized carbons (Fsp3) is 0.364. The molecule has 0 saturated heterocycles. The van der Waals surface area contributed by atoms with Gasteiger partial charge in [0.15, 0.2) is 6.10 Å². The van der Waals surface area contributed by atoms with Crippen LogP contribution in [0.5, 0.6) is 5.75 Å². The molecule has 144 valence electrons. The van der Waals surface area contributed by atoms with E-state index in [-0.39, 0.29) is 11.8 Å². The maximum Gasteiger partial charge on any atom is 0.265 e. The third kappa shape index (κ3) is 5.84. The molecule has 27 heavy (non-hydrogen) atoms. The number of hydrogen-bond acceptors (Lipinski definition) is 3. The van der Waals surface area contributed by atoms with Gasteiger partial charge in [-0.3, -0.25) is 9.59 Å². The Morgan fingerprint density at radius 1 is 1.11 bits per heavy atom. The van der Waals surface area contributed by atoms with Crippen LogP contribution in [0.3, 0.4) is 0 Å². The molecule has 0 aliphatic heterocycles. The summed E-state index contributed by atoms with van der Waals surface area (Å²) in [6, 6.07) is 12.9. The molecule has 2 N–H and O–H groups in total. The summed E-state index contributed by atoms with van der Waals surface area (Å²) in [6.07, 6.45) is 1.23. The summed E-state index contributed by atoms with van der Waals surface area (Å²) >= 11 is 0. The average molecular weight is 368 g/mol. The van der Waals surface area contributed by atoms with Gasteiger partial charge in [-0.15, -0.1) is 0 Å². The molecular weight excluding hydrogens is 340 g/mol. The normalized spacial score (nSPS) is 11.6. The van der Waals surface area contributed by atoms with E-state index in [2.05, 4.69) is 17.6 Å². The minimum Gasteiger partial charge on any atom is -0.481 e. The topological polar surface area (TPSA) is 67.4 Å². The van der Waals surface area contributed by atoms with E-state index in [0.717, 1.165) is 24.0 Å². The number of anilines is 1. The Hall–Kier alpha value is -2.82. The van der Waals surface area contributed by atoms with Crippen LogP contribution in [0.15, 0.2) is 42.5 Å². The Kier molecular flexibility index (Phi) is 7.41. The summed E-state index contributed by atoms with van der Waals surface area (Å²) in [5, 5.41) is 5.69. The van der Waals surface area contributed by atoms with Crippen LogP contribution in [0.4, 0.5) is 5.69 Å². The molecule has 0 radical (unpaired) electrons. The number of unbranched alkanes of at least 4 members (excludes halogenated alkanes) is 1. The molecule has 0 aromatic heterocycles. The van der Waals surface area contributed by atoms with Crippen LogP contribution < -0.4 is 15.4 Å². The zero-order chi connectivity index (χ0) is 19.8. The molecule has 5 nitrogen and oxygen atoms in total. The Labute approximate surface area is 161 Å². The van der Waals surface area contributed by atoms with Crippen molar-refractivity contribution in [3.8, 4) is 5.75 Å². The van der Waals surface area contributed by atoms with Gasteiger partial charge in [0.2, 0.25) is 0 Å². The average Bonchev–Trinajstić information content (AvgIpc) is 2.65. The van der Waals surface area contributed by atoms with Gasteiger partial charge in [-0.25, -0.2) is 0 Å². The van der Waals surface area contributed by atoms with E-state index in [4.69, 9.17) is 4.74 Å². The molecule has 2 rings (SSSR count). The number of carbonyl (C=O) groups is 2. The molecule has 0 unspecified atom stereocenters. The maximum atomic E-state index is 12.6. The molecule has 2 aromatic rings. The second kappa shape index (κ2) is 9.76. The Morgan fingerprint density at radius 2 is 1.85 bits per heavy atom. The number of ether oxygens (including phenoxy) is 1. The van der Waals surface area contributed by atoms with Crippen molar-refractivity contribution in [2.24, 2.45) is 0 Å². The molecule has 0 saturated carbocycles. The number of rotatable bonds is 8. The van der Waals surface area contributed by atoms with E-state index >= 15 is 0 Å². The molecule has 0 heterocycles. The van der Waals surface area contributed by atoms with E-state index in [1.165, 1.54) is 0 Å². The predicted octanol–water partition coefficient (Wildman–Crippen LogP) is 4.24. The largest absolute Gasteiger partial charge is 0.481 e. The zero-order valence-corrected chi connectivity index (χ0v) is 16.5. The van der Waals surface area contributed by atoms with Crippen LogP contribution in [-0.4, -0.2) is 24.5 Å². The van der Waals surface area contributed by atoms with Gasteiger partial charge in [0.05, 0.1) is 11.3 Å². The van der Waals surface area contributed by atoms with E-state index < -0.39 is 6.10 Å². The minimum atomic E-state index is -0.693. The predicted molar refractivity (Wildman–Crippen MR) is 108 cm³/mol. The second-order valence-electron chi connectivity index (χ2n) is 6.67. The number of para-hydroxylation sites is 1. The smallest absolute Gasteiger partial charge is 0.265 e. The standard InChI is InChI=1S/C22H28N2O3/c1-5-6-13-23-22(26)18-9-7-8-10-19(18)24-21(25)17(4)27-20-14-15(2)11-12-16(20)3/h7-12,14,17H,5-6,13H2,1-4H3,(H,23,26)(H,24,25)/t17-/m1/s1. The van der Waals surface area contributed by atoms with Gasteiger partial charge in [0, 0.05) is 6.54 Å². The second-order valence-corrected chi connectivity index (χ2v) is 6.67. The van der Waals surface area contributed by atoms with Crippen LogP contribution in [0.2, 0.25) is 0 Å². The van der Waals surface area contributed by atoms with Crippen molar-refractivity contribution in [1.82, 2.24) is 5.32 Å². The summed E-state index contributed by atoms with van der Waals surface area (Å²) in [5.41, 5.74) is 2.96. The molecule has 2 amide bonds. The minimum absolute atomic E-state index is 0.192. The van der Waals surface area contributed by atoms with E-state index in [0.29, 0.717) is 23.5 Å². The lowest BCUT2D eigenvalue weighted by Crippen LogP contribution is -2.32. The highest BCUT2D eigenvalue weighted by molar-refractivity contribution is 6.04. The lowest BCUT2D eigenvalue weighted by Gasteiger charge is -2.18. The Balaban J connectivity index is 2.06. The van der Waals surface area contributed by atoms with Crippen molar-refractivity contribution in [2.75, 3.05) is 11.9 Å². The monoisotopic (exact) mass is 368 g/mol. The number of hydrogen-bond donors (Lipinski definition) is 2. The highest BCUT2D eigenvalue weighted by Crippen LogP contribution is 2.21. The first kappa shape index (κ1) is 20.5. The first-order valence-corrected chi connectivity index (χ1v) is 9.34. The van der Waals surface area contributed by atoms with E-state index in [1.54, 1.807) is 31.2 Å². The lowest BCUT2D eigenvalue weighted by atomic mass is 10.1. The highest BCUT2D eigenvalue weighted by atomic mass is 16.5. The van der Waals surface area contributed by atoms with E-state index in [1.807, 2.05) is 32.0 Å². The molecule has 0 spiro atoms. The number of aryl methyl sites for hydroxylation is 2. The van der Waals surface area contributed by atoms with E-state index in [9.17, 15) is 9.59 Å². The molecule has 0 bridgehead atoms.